The van der Waals surface area contributed by atoms with E-state index in [0.29, 0.717) is 25.3 Å². The smallest absolute Gasteiger partial charge is 0.240 e. The van der Waals surface area contributed by atoms with Gasteiger partial charge < -0.3 is 10.5 Å². The SMILES string of the molecule is Nc1ccc(S(=O)(=O)NCCc2ccc(OCCN3CCCC3)cc2)cc1. The van der Waals surface area contributed by atoms with Gasteiger partial charge in [0, 0.05) is 18.8 Å². The first-order chi connectivity index (χ1) is 13.0. The zero-order chi connectivity index (χ0) is 19.1. The normalized spacial score (nSPS) is 15.1. The maximum absolute atomic E-state index is 12.2. The number of hydrogen-bond donors (Lipinski definition) is 2. The van der Waals surface area contributed by atoms with Crippen LogP contribution in [0.5, 0.6) is 5.75 Å². The van der Waals surface area contributed by atoms with Gasteiger partial charge in [0.1, 0.15) is 12.4 Å². The van der Waals surface area contributed by atoms with Crippen molar-refractivity contribution in [2.24, 2.45) is 0 Å². The van der Waals surface area contributed by atoms with Crippen molar-refractivity contribution < 1.29 is 13.2 Å². The largest absolute Gasteiger partial charge is 0.492 e. The van der Waals surface area contributed by atoms with E-state index in [-0.39, 0.29) is 4.90 Å². The van der Waals surface area contributed by atoms with Crippen molar-refractivity contribution in [2.75, 3.05) is 38.5 Å². The van der Waals surface area contributed by atoms with Crippen LogP contribution in [0.25, 0.3) is 0 Å². The van der Waals surface area contributed by atoms with Crippen LogP contribution in [0.3, 0.4) is 0 Å². The molecule has 27 heavy (non-hydrogen) atoms. The van der Waals surface area contributed by atoms with E-state index < -0.39 is 10.0 Å². The molecule has 1 heterocycles. The van der Waals surface area contributed by atoms with E-state index in [0.717, 1.165) is 17.9 Å². The van der Waals surface area contributed by atoms with Crippen LogP contribution in [0, 0.1) is 0 Å². The van der Waals surface area contributed by atoms with Crippen LogP contribution in [0.15, 0.2) is 53.4 Å². The van der Waals surface area contributed by atoms with E-state index in [4.69, 9.17) is 10.5 Å². The molecule has 6 nitrogen and oxygen atoms in total. The summed E-state index contributed by atoms with van der Waals surface area (Å²) >= 11 is 0. The monoisotopic (exact) mass is 389 g/mol. The number of nitrogens with two attached hydrogens (primary N) is 1. The van der Waals surface area contributed by atoms with Crippen LogP contribution in [0.4, 0.5) is 5.69 Å². The van der Waals surface area contributed by atoms with Crippen molar-refractivity contribution >= 4 is 15.7 Å². The van der Waals surface area contributed by atoms with Crippen LogP contribution in [0.1, 0.15) is 18.4 Å². The van der Waals surface area contributed by atoms with Crippen LogP contribution in [-0.4, -0.2) is 46.1 Å². The lowest BCUT2D eigenvalue weighted by Crippen LogP contribution is -2.26. The first-order valence-electron chi connectivity index (χ1n) is 9.32. The van der Waals surface area contributed by atoms with Crippen LogP contribution < -0.4 is 15.2 Å². The molecular formula is C20H27N3O3S. The molecule has 0 unspecified atom stereocenters. The predicted octanol–water partition coefficient (Wildman–Crippen LogP) is 2.26. The van der Waals surface area contributed by atoms with E-state index in [1.54, 1.807) is 12.1 Å². The average Bonchev–Trinajstić information content (AvgIpc) is 3.17. The lowest BCUT2D eigenvalue weighted by atomic mass is 10.1. The van der Waals surface area contributed by atoms with Crippen molar-refractivity contribution in [1.82, 2.24) is 9.62 Å². The maximum Gasteiger partial charge on any atom is 0.240 e. The Bertz CT molecular complexity index is 815. The number of nitrogens with one attached hydrogen (secondary N) is 1. The summed E-state index contributed by atoms with van der Waals surface area (Å²) in [6, 6.07) is 14.0. The van der Waals surface area contributed by atoms with Gasteiger partial charge in [-0.1, -0.05) is 12.1 Å². The topological polar surface area (TPSA) is 84.7 Å². The summed E-state index contributed by atoms with van der Waals surface area (Å²) in [5.41, 5.74) is 7.19. The number of ether oxygens (including phenoxy) is 1. The third kappa shape index (κ3) is 5.95. The molecule has 0 aliphatic carbocycles. The summed E-state index contributed by atoms with van der Waals surface area (Å²) in [4.78, 5) is 2.64. The molecule has 1 fully saturated rings. The van der Waals surface area contributed by atoms with Gasteiger partial charge in [-0.15, -0.1) is 0 Å². The zero-order valence-corrected chi connectivity index (χ0v) is 16.2. The fourth-order valence-corrected chi connectivity index (χ4v) is 4.14. The first kappa shape index (κ1) is 19.7. The molecule has 1 saturated heterocycles. The van der Waals surface area contributed by atoms with Crippen LogP contribution in [0.2, 0.25) is 0 Å². The zero-order valence-electron chi connectivity index (χ0n) is 15.4. The van der Waals surface area contributed by atoms with Gasteiger partial charge in [0.2, 0.25) is 10.0 Å². The van der Waals surface area contributed by atoms with Gasteiger partial charge in [0.15, 0.2) is 0 Å². The molecule has 3 N–H and O–H groups in total. The minimum absolute atomic E-state index is 0.221. The highest BCUT2D eigenvalue weighted by atomic mass is 32.2. The number of anilines is 1. The van der Waals surface area contributed by atoms with Crippen molar-refractivity contribution in [3.8, 4) is 5.75 Å². The summed E-state index contributed by atoms with van der Waals surface area (Å²) in [5, 5.41) is 0. The lowest BCUT2D eigenvalue weighted by Gasteiger charge is -2.15. The van der Waals surface area contributed by atoms with Gasteiger partial charge in [-0.05, 0) is 74.3 Å². The molecule has 146 valence electrons. The number of hydrogen-bond acceptors (Lipinski definition) is 5. The van der Waals surface area contributed by atoms with E-state index >= 15 is 0 Å². The highest BCUT2D eigenvalue weighted by molar-refractivity contribution is 7.89. The standard InChI is InChI=1S/C20H27N3O3S/c21-18-5-9-20(10-6-18)27(24,25)22-12-11-17-3-7-19(8-4-17)26-16-15-23-13-1-2-14-23/h3-10,22H,1-2,11-16,21H2. The molecule has 1 aliphatic rings. The first-order valence-corrected chi connectivity index (χ1v) is 10.8. The molecule has 0 amide bonds. The van der Waals surface area contributed by atoms with Gasteiger partial charge >= 0.3 is 0 Å². The Kier molecular flexibility index (Phi) is 6.71. The number of benzene rings is 2. The molecule has 7 heteroatoms. The minimum atomic E-state index is -3.51. The predicted molar refractivity (Wildman–Crippen MR) is 107 cm³/mol. The summed E-state index contributed by atoms with van der Waals surface area (Å²) in [6.07, 6.45) is 3.19. The Morgan fingerprint density at radius 2 is 1.67 bits per heavy atom. The van der Waals surface area contributed by atoms with Crippen molar-refractivity contribution in [1.29, 1.82) is 0 Å². The van der Waals surface area contributed by atoms with Gasteiger partial charge in [-0.25, -0.2) is 13.1 Å². The number of likely N-dealkylation sites (tertiary alicyclic amines) is 1. The van der Waals surface area contributed by atoms with Crippen molar-refractivity contribution in [3.63, 3.8) is 0 Å². The van der Waals surface area contributed by atoms with Gasteiger partial charge in [0.25, 0.3) is 0 Å². The molecule has 3 rings (SSSR count). The maximum atomic E-state index is 12.2. The summed E-state index contributed by atoms with van der Waals surface area (Å²) in [7, 11) is -3.51. The summed E-state index contributed by atoms with van der Waals surface area (Å²) < 4.78 is 32.9. The molecule has 0 atom stereocenters. The average molecular weight is 390 g/mol. The molecular weight excluding hydrogens is 362 g/mol. The second-order valence-electron chi connectivity index (χ2n) is 6.76. The molecule has 0 radical (unpaired) electrons. The van der Waals surface area contributed by atoms with Crippen molar-refractivity contribution in [3.05, 3.63) is 54.1 Å². The minimum Gasteiger partial charge on any atom is -0.492 e. The summed E-state index contributed by atoms with van der Waals surface area (Å²) in [5.74, 6) is 0.848. The Morgan fingerprint density at radius 3 is 2.33 bits per heavy atom. The van der Waals surface area contributed by atoms with Gasteiger partial charge in [-0.2, -0.15) is 0 Å². The van der Waals surface area contributed by atoms with E-state index in [2.05, 4.69) is 9.62 Å². The van der Waals surface area contributed by atoms with Crippen LogP contribution in [-0.2, 0) is 16.4 Å². The second-order valence-corrected chi connectivity index (χ2v) is 8.52. The van der Waals surface area contributed by atoms with E-state index in [1.807, 2.05) is 24.3 Å². The molecule has 1 aliphatic heterocycles. The third-order valence-electron chi connectivity index (χ3n) is 4.69. The second kappa shape index (κ2) is 9.21. The van der Waals surface area contributed by atoms with Gasteiger partial charge in [0.05, 0.1) is 4.90 Å². The Hall–Kier alpha value is -2.09. The van der Waals surface area contributed by atoms with Gasteiger partial charge in [-0.3, -0.25) is 4.90 Å². The Balaban J connectivity index is 1.42. The Labute approximate surface area is 161 Å². The number of nitrogens with zero attached hydrogens (tertiary/aromatic N) is 1. The highest BCUT2D eigenvalue weighted by Crippen LogP contribution is 2.14. The van der Waals surface area contributed by atoms with E-state index in [1.165, 1.54) is 38.1 Å². The highest BCUT2D eigenvalue weighted by Gasteiger charge is 2.13. The molecule has 0 saturated carbocycles. The van der Waals surface area contributed by atoms with E-state index in [9.17, 15) is 8.42 Å². The molecule has 0 aromatic heterocycles. The quantitative estimate of drug-likeness (QED) is 0.643. The van der Waals surface area contributed by atoms with Crippen LogP contribution >= 0.6 is 0 Å². The third-order valence-corrected chi connectivity index (χ3v) is 6.17. The number of rotatable bonds is 9. The fourth-order valence-electron chi connectivity index (χ4n) is 3.11. The number of sulfonamides is 1. The Morgan fingerprint density at radius 1 is 1.00 bits per heavy atom. The molecule has 2 aromatic rings. The lowest BCUT2D eigenvalue weighted by molar-refractivity contribution is 0.238. The number of nitrogen functional groups attached to an aromatic ring is 1. The molecule has 0 spiro atoms. The molecule has 2 aromatic carbocycles. The summed E-state index contributed by atoms with van der Waals surface area (Å²) in [6.45, 7) is 4.35. The molecule has 0 bridgehead atoms. The van der Waals surface area contributed by atoms with Crippen molar-refractivity contribution in [2.45, 2.75) is 24.2 Å². The fraction of sp³-hybridized carbons (Fsp3) is 0.400.